The Morgan fingerprint density at radius 2 is 1.32 bits per heavy atom. The van der Waals surface area contributed by atoms with Crippen molar-refractivity contribution in [3.05, 3.63) is 0 Å². The van der Waals surface area contributed by atoms with Gasteiger partial charge in [0.05, 0.1) is 0 Å². The van der Waals surface area contributed by atoms with Gasteiger partial charge in [0.25, 0.3) is 0 Å². The summed E-state index contributed by atoms with van der Waals surface area (Å²) in [5, 5.41) is 0. The number of nitrogens with zero attached hydrogens (tertiary/aromatic N) is 3. The highest BCUT2D eigenvalue weighted by Crippen LogP contribution is 2.32. The lowest BCUT2D eigenvalue weighted by atomic mass is 9.96. The molecule has 2 unspecified atom stereocenters. The van der Waals surface area contributed by atoms with Crippen LogP contribution in [0.15, 0.2) is 0 Å². The minimum absolute atomic E-state index is 0.353. The SMILES string of the molecule is CN1C2CCC1CN(C1CCN(C(C)(C)C)CC1)C2. The van der Waals surface area contributed by atoms with E-state index < -0.39 is 0 Å². The van der Waals surface area contributed by atoms with Gasteiger partial charge in [-0.15, -0.1) is 0 Å². The zero-order valence-corrected chi connectivity index (χ0v) is 13.2. The molecule has 3 rings (SSSR count). The van der Waals surface area contributed by atoms with Crippen LogP contribution in [0, 0.1) is 0 Å². The largest absolute Gasteiger partial charge is 0.298 e. The first-order valence-electron chi connectivity index (χ1n) is 8.16. The molecule has 3 fully saturated rings. The fourth-order valence-corrected chi connectivity index (χ4v) is 4.35. The van der Waals surface area contributed by atoms with Gasteiger partial charge in [0.1, 0.15) is 0 Å². The van der Waals surface area contributed by atoms with Crippen LogP contribution in [0.1, 0.15) is 46.5 Å². The summed E-state index contributed by atoms with van der Waals surface area (Å²) >= 11 is 0. The third-order valence-electron chi connectivity index (χ3n) is 5.81. The summed E-state index contributed by atoms with van der Waals surface area (Å²) in [6.45, 7) is 12.3. The van der Waals surface area contributed by atoms with Crippen molar-refractivity contribution in [1.29, 1.82) is 0 Å². The van der Waals surface area contributed by atoms with E-state index in [0.717, 1.165) is 18.1 Å². The monoisotopic (exact) mass is 265 g/mol. The highest BCUT2D eigenvalue weighted by Gasteiger charge is 2.40. The predicted molar refractivity (Wildman–Crippen MR) is 80.5 cm³/mol. The van der Waals surface area contributed by atoms with E-state index in [-0.39, 0.29) is 0 Å². The quantitative estimate of drug-likeness (QED) is 0.718. The van der Waals surface area contributed by atoms with Crippen molar-refractivity contribution in [2.45, 2.75) is 70.1 Å². The Morgan fingerprint density at radius 3 is 1.79 bits per heavy atom. The van der Waals surface area contributed by atoms with Crippen LogP contribution < -0.4 is 0 Å². The lowest BCUT2D eigenvalue weighted by molar-refractivity contribution is 0.0140. The molecule has 19 heavy (non-hydrogen) atoms. The van der Waals surface area contributed by atoms with Gasteiger partial charge in [0.2, 0.25) is 0 Å². The maximum Gasteiger partial charge on any atom is 0.0224 e. The Hall–Kier alpha value is -0.120. The smallest absolute Gasteiger partial charge is 0.0224 e. The van der Waals surface area contributed by atoms with Crippen molar-refractivity contribution in [2.24, 2.45) is 0 Å². The van der Waals surface area contributed by atoms with Gasteiger partial charge >= 0.3 is 0 Å². The Bertz CT molecular complexity index is 300. The molecule has 3 aliphatic rings. The van der Waals surface area contributed by atoms with Crippen molar-refractivity contribution in [2.75, 3.05) is 33.2 Å². The van der Waals surface area contributed by atoms with Gasteiger partial charge in [-0.1, -0.05) is 0 Å². The van der Waals surface area contributed by atoms with Crippen LogP contribution in [0.25, 0.3) is 0 Å². The average molecular weight is 265 g/mol. The molecule has 0 aliphatic carbocycles. The zero-order valence-electron chi connectivity index (χ0n) is 13.2. The van der Waals surface area contributed by atoms with Crippen LogP contribution in [0.2, 0.25) is 0 Å². The topological polar surface area (TPSA) is 9.72 Å². The van der Waals surface area contributed by atoms with Crippen LogP contribution >= 0.6 is 0 Å². The Morgan fingerprint density at radius 1 is 0.789 bits per heavy atom. The van der Waals surface area contributed by atoms with Gasteiger partial charge < -0.3 is 0 Å². The minimum Gasteiger partial charge on any atom is -0.298 e. The molecule has 0 aromatic rings. The summed E-state index contributed by atoms with van der Waals surface area (Å²) in [4.78, 5) is 8.12. The molecule has 0 aromatic heterocycles. The standard InChI is InChI=1S/C16H31N3/c1-16(2,3)19-9-7-13(8-10-19)18-11-14-5-6-15(12-18)17(14)4/h13-15H,5-12H2,1-4H3. The summed E-state index contributed by atoms with van der Waals surface area (Å²) in [7, 11) is 2.34. The number of rotatable bonds is 1. The van der Waals surface area contributed by atoms with Crippen LogP contribution in [0.4, 0.5) is 0 Å². The Kier molecular flexibility index (Phi) is 3.65. The number of hydrogen-bond donors (Lipinski definition) is 0. The van der Waals surface area contributed by atoms with Crippen LogP contribution in [-0.4, -0.2) is 71.6 Å². The molecule has 0 aromatic carbocycles. The second-order valence-corrected chi connectivity index (χ2v) is 7.89. The van der Waals surface area contributed by atoms with E-state index in [0.29, 0.717) is 5.54 Å². The number of piperazine rings is 1. The summed E-state index contributed by atoms with van der Waals surface area (Å²) < 4.78 is 0. The van der Waals surface area contributed by atoms with Crippen molar-refractivity contribution in [1.82, 2.24) is 14.7 Å². The van der Waals surface area contributed by atoms with Gasteiger partial charge in [-0.05, 0) is 53.5 Å². The average Bonchev–Trinajstić information content (AvgIpc) is 2.61. The van der Waals surface area contributed by atoms with Crippen molar-refractivity contribution in [3.63, 3.8) is 0 Å². The first kappa shape index (κ1) is 13.8. The van der Waals surface area contributed by atoms with Crippen LogP contribution in [-0.2, 0) is 0 Å². The van der Waals surface area contributed by atoms with E-state index in [2.05, 4.69) is 42.5 Å². The molecule has 3 saturated heterocycles. The number of likely N-dealkylation sites (N-methyl/N-ethyl adjacent to an activating group) is 1. The molecule has 0 N–H and O–H groups in total. The molecule has 3 aliphatic heterocycles. The molecular formula is C16H31N3. The molecule has 2 atom stereocenters. The Labute approximate surface area is 118 Å². The normalized spacial score (nSPS) is 36.0. The van der Waals surface area contributed by atoms with Crippen LogP contribution in [0.3, 0.4) is 0 Å². The minimum atomic E-state index is 0.353. The molecule has 110 valence electrons. The van der Waals surface area contributed by atoms with Crippen LogP contribution in [0.5, 0.6) is 0 Å². The third kappa shape index (κ3) is 2.70. The van der Waals surface area contributed by atoms with E-state index in [1.54, 1.807) is 0 Å². The van der Waals surface area contributed by atoms with Crippen molar-refractivity contribution >= 4 is 0 Å². The molecule has 0 radical (unpaired) electrons. The lowest BCUT2D eigenvalue weighted by Crippen LogP contribution is -2.58. The predicted octanol–water partition coefficient (Wildman–Crippen LogP) is 2.03. The first-order chi connectivity index (χ1) is 8.95. The second-order valence-electron chi connectivity index (χ2n) is 7.89. The van der Waals surface area contributed by atoms with Gasteiger partial charge in [-0.2, -0.15) is 0 Å². The van der Waals surface area contributed by atoms with Gasteiger partial charge in [-0.25, -0.2) is 0 Å². The van der Waals surface area contributed by atoms with Gasteiger partial charge in [-0.3, -0.25) is 14.7 Å². The Balaban J connectivity index is 1.55. The highest BCUT2D eigenvalue weighted by atomic mass is 15.3. The number of piperidine rings is 1. The number of hydrogen-bond acceptors (Lipinski definition) is 3. The third-order valence-corrected chi connectivity index (χ3v) is 5.81. The fourth-order valence-electron chi connectivity index (χ4n) is 4.35. The first-order valence-corrected chi connectivity index (χ1v) is 8.16. The summed E-state index contributed by atoms with van der Waals surface area (Å²) in [6, 6.07) is 2.55. The van der Waals surface area contributed by atoms with Crippen molar-refractivity contribution in [3.8, 4) is 0 Å². The zero-order chi connectivity index (χ0) is 13.6. The molecule has 3 heteroatoms. The summed E-state index contributed by atoms with van der Waals surface area (Å²) in [5.74, 6) is 0. The molecule has 2 bridgehead atoms. The number of likely N-dealkylation sites (tertiary alicyclic amines) is 2. The molecule has 0 spiro atoms. The van der Waals surface area contributed by atoms with E-state index in [4.69, 9.17) is 0 Å². The van der Waals surface area contributed by atoms with Gasteiger partial charge in [0.15, 0.2) is 0 Å². The lowest BCUT2D eigenvalue weighted by Gasteiger charge is -2.47. The summed E-state index contributed by atoms with van der Waals surface area (Å²) in [6.07, 6.45) is 5.61. The number of fused-ring (bicyclic) bond motifs is 2. The van der Waals surface area contributed by atoms with E-state index in [1.165, 1.54) is 51.9 Å². The maximum atomic E-state index is 2.82. The molecular weight excluding hydrogens is 234 g/mol. The molecule has 3 nitrogen and oxygen atoms in total. The van der Waals surface area contributed by atoms with Crippen molar-refractivity contribution < 1.29 is 0 Å². The van der Waals surface area contributed by atoms with E-state index in [1.807, 2.05) is 0 Å². The fraction of sp³-hybridized carbons (Fsp3) is 1.00. The molecule has 0 saturated carbocycles. The summed E-state index contributed by atoms with van der Waals surface area (Å²) in [5.41, 5.74) is 0.353. The molecule has 3 heterocycles. The van der Waals surface area contributed by atoms with E-state index in [9.17, 15) is 0 Å². The van der Waals surface area contributed by atoms with Gasteiger partial charge in [0, 0.05) is 49.8 Å². The second kappa shape index (κ2) is 5.01. The molecule has 0 amide bonds. The maximum absolute atomic E-state index is 2.82. The van der Waals surface area contributed by atoms with E-state index >= 15 is 0 Å². The highest BCUT2D eigenvalue weighted by molar-refractivity contribution is 4.97.